The molecule has 0 amide bonds. The molecule has 0 bridgehead atoms. The zero-order chi connectivity index (χ0) is 15.2. The van der Waals surface area contributed by atoms with Crippen LogP contribution in [0.3, 0.4) is 0 Å². The van der Waals surface area contributed by atoms with Crippen LogP contribution in [0.25, 0.3) is 0 Å². The van der Waals surface area contributed by atoms with Crippen LogP contribution < -0.4 is 0 Å². The van der Waals surface area contributed by atoms with Crippen LogP contribution >= 0.6 is 0 Å². The molecular weight excluding hydrogens is 264 g/mol. The lowest BCUT2D eigenvalue weighted by Crippen LogP contribution is -2.20. The Morgan fingerprint density at radius 1 is 0.714 bits per heavy atom. The highest BCUT2D eigenvalue weighted by atomic mass is 16.6. The molecule has 0 spiro atoms. The third-order valence-corrected chi connectivity index (χ3v) is 4.09. The largest absolute Gasteiger partial charge is 0.379 e. The van der Waals surface area contributed by atoms with E-state index in [1.165, 1.54) is 51.4 Å². The molecule has 0 radical (unpaired) electrons. The van der Waals surface area contributed by atoms with Gasteiger partial charge in [0.1, 0.15) is 0 Å². The van der Waals surface area contributed by atoms with Gasteiger partial charge in [-0.05, 0) is 25.7 Å². The second-order valence-corrected chi connectivity index (χ2v) is 6.23. The lowest BCUT2D eigenvalue weighted by Gasteiger charge is -2.14. The molecular formula is C18H36O3. The quantitative estimate of drug-likeness (QED) is 0.434. The summed E-state index contributed by atoms with van der Waals surface area (Å²) in [5, 5.41) is 0. The van der Waals surface area contributed by atoms with Crippen molar-refractivity contribution in [2.75, 3.05) is 26.4 Å². The normalized spacial score (nSPS) is 22.0. The molecule has 1 rings (SSSR count). The van der Waals surface area contributed by atoms with Gasteiger partial charge in [-0.15, -0.1) is 0 Å². The molecule has 2 atom stereocenters. The number of rotatable bonds is 14. The minimum Gasteiger partial charge on any atom is -0.379 e. The predicted octanol–water partition coefficient (Wildman–Crippen LogP) is 4.73. The van der Waals surface area contributed by atoms with Crippen molar-refractivity contribution in [1.29, 1.82) is 0 Å². The Hall–Kier alpha value is -0.120. The molecule has 21 heavy (non-hydrogen) atoms. The van der Waals surface area contributed by atoms with Gasteiger partial charge in [-0.3, -0.25) is 0 Å². The summed E-state index contributed by atoms with van der Waals surface area (Å²) in [5.41, 5.74) is 0. The Morgan fingerprint density at radius 3 is 1.62 bits per heavy atom. The maximum absolute atomic E-state index is 5.97. The molecule has 0 aromatic carbocycles. The van der Waals surface area contributed by atoms with E-state index in [1.807, 2.05) is 0 Å². The first kappa shape index (κ1) is 18.9. The van der Waals surface area contributed by atoms with Gasteiger partial charge >= 0.3 is 0 Å². The lowest BCUT2D eigenvalue weighted by molar-refractivity contribution is -0.0460. The lowest BCUT2D eigenvalue weighted by atomic mass is 10.2. The molecule has 0 aromatic heterocycles. The first-order valence-corrected chi connectivity index (χ1v) is 9.17. The molecule has 0 unspecified atom stereocenters. The molecule has 0 aliphatic carbocycles. The van der Waals surface area contributed by atoms with Gasteiger partial charge in [0.2, 0.25) is 0 Å². The van der Waals surface area contributed by atoms with E-state index in [9.17, 15) is 0 Å². The minimum atomic E-state index is 0.296. The van der Waals surface area contributed by atoms with Crippen molar-refractivity contribution in [3.63, 3.8) is 0 Å². The highest BCUT2D eigenvalue weighted by molar-refractivity contribution is 4.73. The van der Waals surface area contributed by atoms with E-state index < -0.39 is 0 Å². The first-order valence-electron chi connectivity index (χ1n) is 9.17. The Morgan fingerprint density at radius 2 is 1.19 bits per heavy atom. The summed E-state index contributed by atoms with van der Waals surface area (Å²) >= 11 is 0. The second kappa shape index (κ2) is 13.5. The number of hydrogen-bond donors (Lipinski definition) is 0. The molecule has 3 heteroatoms. The topological polar surface area (TPSA) is 27.7 Å². The highest BCUT2D eigenvalue weighted by Gasteiger charge is 2.25. The van der Waals surface area contributed by atoms with Gasteiger partial charge in [-0.1, -0.05) is 52.4 Å². The average molecular weight is 300 g/mol. The monoisotopic (exact) mass is 300 g/mol. The maximum Gasteiger partial charge on any atom is 0.0814 e. The summed E-state index contributed by atoms with van der Waals surface area (Å²) in [6.07, 6.45) is 13.0. The van der Waals surface area contributed by atoms with Crippen molar-refractivity contribution in [2.45, 2.75) is 90.3 Å². The van der Waals surface area contributed by atoms with E-state index in [0.29, 0.717) is 12.2 Å². The summed E-state index contributed by atoms with van der Waals surface area (Å²) in [5.74, 6) is 0. The van der Waals surface area contributed by atoms with Crippen molar-refractivity contribution in [2.24, 2.45) is 0 Å². The summed E-state index contributed by atoms with van der Waals surface area (Å²) < 4.78 is 17.4. The summed E-state index contributed by atoms with van der Waals surface area (Å²) in [4.78, 5) is 0. The molecule has 1 aliphatic rings. The Balaban J connectivity index is 1.88. The average Bonchev–Trinajstić information content (AvgIpc) is 2.94. The van der Waals surface area contributed by atoms with Crippen molar-refractivity contribution in [3.05, 3.63) is 0 Å². The Bertz CT molecular complexity index is 199. The van der Waals surface area contributed by atoms with Crippen LogP contribution in [0.15, 0.2) is 0 Å². The third kappa shape index (κ3) is 10.3. The van der Waals surface area contributed by atoms with Crippen molar-refractivity contribution in [1.82, 2.24) is 0 Å². The molecule has 1 aliphatic heterocycles. The standard InChI is InChI=1S/C18H36O3/c1-3-5-7-9-13-19-15-17-11-12-18(21-17)16-20-14-10-8-6-4-2/h17-18H,3-16H2,1-2H3/t17-,18+. The van der Waals surface area contributed by atoms with Crippen molar-refractivity contribution in [3.8, 4) is 0 Å². The highest BCUT2D eigenvalue weighted by Crippen LogP contribution is 2.20. The molecule has 0 aromatic rings. The van der Waals surface area contributed by atoms with Crippen LogP contribution in [-0.4, -0.2) is 38.6 Å². The molecule has 1 fully saturated rings. The Kier molecular flexibility index (Phi) is 12.2. The second-order valence-electron chi connectivity index (χ2n) is 6.23. The summed E-state index contributed by atoms with van der Waals surface area (Å²) in [6, 6.07) is 0. The van der Waals surface area contributed by atoms with Crippen LogP contribution in [0.5, 0.6) is 0 Å². The van der Waals surface area contributed by atoms with E-state index in [1.54, 1.807) is 0 Å². The van der Waals surface area contributed by atoms with Crippen LogP contribution in [-0.2, 0) is 14.2 Å². The molecule has 0 N–H and O–H groups in total. The van der Waals surface area contributed by atoms with E-state index in [0.717, 1.165) is 39.3 Å². The predicted molar refractivity (Wildman–Crippen MR) is 87.8 cm³/mol. The van der Waals surface area contributed by atoms with E-state index in [4.69, 9.17) is 14.2 Å². The van der Waals surface area contributed by atoms with Gasteiger partial charge in [0.15, 0.2) is 0 Å². The minimum absolute atomic E-state index is 0.296. The van der Waals surface area contributed by atoms with Gasteiger partial charge in [-0.25, -0.2) is 0 Å². The summed E-state index contributed by atoms with van der Waals surface area (Å²) in [7, 11) is 0. The van der Waals surface area contributed by atoms with Crippen molar-refractivity contribution < 1.29 is 14.2 Å². The van der Waals surface area contributed by atoms with Gasteiger partial charge in [-0.2, -0.15) is 0 Å². The fourth-order valence-electron chi connectivity index (χ4n) is 2.72. The fourth-order valence-corrected chi connectivity index (χ4v) is 2.72. The first-order chi connectivity index (χ1) is 10.4. The molecule has 1 heterocycles. The molecule has 126 valence electrons. The SMILES string of the molecule is CCCCCCOC[C@H]1CC[C@@H](COCCCCCC)O1. The molecule has 3 nitrogen and oxygen atoms in total. The molecule has 1 saturated heterocycles. The van der Waals surface area contributed by atoms with E-state index in [-0.39, 0.29) is 0 Å². The number of ether oxygens (including phenoxy) is 3. The van der Waals surface area contributed by atoms with Crippen LogP contribution in [0.4, 0.5) is 0 Å². The van der Waals surface area contributed by atoms with Gasteiger partial charge < -0.3 is 14.2 Å². The zero-order valence-corrected chi connectivity index (χ0v) is 14.3. The van der Waals surface area contributed by atoms with Crippen LogP contribution in [0.2, 0.25) is 0 Å². The smallest absolute Gasteiger partial charge is 0.0814 e. The zero-order valence-electron chi connectivity index (χ0n) is 14.3. The van der Waals surface area contributed by atoms with Crippen molar-refractivity contribution >= 4 is 0 Å². The molecule has 0 saturated carbocycles. The van der Waals surface area contributed by atoms with Gasteiger partial charge in [0.05, 0.1) is 25.4 Å². The van der Waals surface area contributed by atoms with Crippen LogP contribution in [0.1, 0.15) is 78.1 Å². The van der Waals surface area contributed by atoms with Crippen LogP contribution in [0, 0.1) is 0 Å². The number of hydrogen-bond acceptors (Lipinski definition) is 3. The van der Waals surface area contributed by atoms with Gasteiger partial charge in [0.25, 0.3) is 0 Å². The van der Waals surface area contributed by atoms with E-state index in [2.05, 4.69) is 13.8 Å². The third-order valence-electron chi connectivity index (χ3n) is 4.09. The summed E-state index contributed by atoms with van der Waals surface area (Å²) in [6.45, 7) is 7.77. The number of unbranched alkanes of at least 4 members (excludes halogenated alkanes) is 6. The fraction of sp³-hybridized carbons (Fsp3) is 1.00. The maximum atomic E-state index is 5.97. The van der Waals surface area contributed by atoms with Gasteiger partial charge in [0, 0.05) is 13.2 Å². The van der Waals surface area contributed by atoms with E-state index >= 15 is 0 Å². The Labute approximate surface area is 131 Å².